The minimum atomic E-state index is -0.260. The van der Waals surface area contributed by atoms with Crippen LogP contribution in [0.5, 0.6) is 0 Å². The highest BCUT2D eigenvalue weighted by Gasteiger charge is 2.41. The van der Waals surface area contributed by atoms with E-state index in [2.05, 4.69) is 20.5 Å². The zero-order valence-corrected chi connectivity index (χ0v) is 15.0. The fourth-order valence-electron chi connectivity index (χ4n) is 3.53. The smallest absolute Gasteiger partial charge is 0.148 e. The Morgan fingerprint density at radius 1 is 1.04 bits per heavy atom. The molecule has 1 aromatic carbocycles. The standard InChI is InChI=1S/C21H22FN5/c22-17-3-1-12-24-20(17)21(10-2-11-21)14-25-19-9-8-18(26-27-19)16-6-4-15(13-23)5-7-16/h1,3-9,12H,2,10-11,13-14,23H2,(H,25,27). The van der Waals surface area contributed by atoms with Crippen LogP contribution in [-0.4, -0.2) is 21.7 Å². The topological polar surface area (TPSA) is 76.7 Å². The number of nitrogens with zero attached hydrogens (tertiary/aromatic N) is 3. The quantitative estimate of drug-likeness (QED) is 0.699. The van der Waals surface area contributed by atoms with E-state index >= 15 is 0 Å². The van der Waals surface area contributed by atoms with E-state index in [0.717, 1.165) is 36.1 Å². The van der Waals surface area contributed by atoms with Gasteiger partial charge in [0, 0.05) is 30.3 Å². The molecule has 0 bridgehead atoms. The monoisotopic (exact) mass is 363 g/mol. The highest BCUT2D eigenvalue weighted by molar-refractivity contribution is 5.60. The molecule has 0 amide bonds. The van der Waals surface area contributed by atoms with E-state index in [1.54, 1.807) is 12.3 Å². The first-order valence-corrected chi connectivity index (χ1v) is 9.18. The average Bonchev–Trinajstić information content (AvgIpc) is 2.69. The minimum absolute atomic E-state index is 0.235. The van der Waals surface area contributed by atoms with Gasteiger partial charge in [-0.1, -0.05) is 30.7 Å². The Hall–Kier alpha value is -2.86. The lowest BCUT2D eigenvalue weighted by Gasteiger charge is -2.41. The fraction of sp³-hybridized carbons (Fsp3) is 0.286. The van der Waals surface area contributed by atoms with Gasteiger partial charge in [0.1, 0.15) is 11.6 Å². The molecule has 0 radical (unpaired) electrons. The van der Waals surface area contributed by atoms with E-state index in [-0.39, 0.29) is 11.2 Å². The Balaban J connectivity index is 1.46. The number of halogens is 1. The van der Waals surface area contributed by atoms with Crippen LogP contribution in [0.3, 0.4) is 0 Å². The molecule has 1 saturated carbocycles. The number of hydrogen-bond acceptors (Lipinski definition) is 5. The predicted octanol–water partition coefficient (Wildman–Crippen LogP) is 3.67. The van der Waals surface area contributed by atoms with Crippen LogP contribution in [-0.2, 0) is 12.0 Å². The van der Waals surface area contributed by atoms with Crippen molar-refractivity contribution < 1.29 is 4.39 Å². The first-order valence-electron chi connectivity index (χ1n) is 9.18. The van der Waals surface area contributed by atoms with Gasteiger partial charge in [-0.2, -0.15) is 0 Å². The van der Waals surface area contributed by atoms with Gasteiger partial charge in [0.25, 0.3) is 0 Å². The molecule has 1 aliphatic carbocycles. The predicted molar refractivity (Wildman–Crippen MR) is 104 cm³/mol. The maximum atomic E-state index is 14.2. The number of hydrogen-bond donors (Lipinski definition) is 2. The molecule has 0 spiro atoms. The zero-order chi connectivity index (χ0) is 18.7. The van der Waals surface area contributed by atoms with Gasteiger partial charge in [0.05, 0.1) is 11.4 Å². The molecule has 4 rings (SSSR count). The van der Waals surface area contributed by atoms with Crippen LogP contribution in [0.1, 0.15) is 30.5 Å². The number of aromatic nitrogens is 3. The summed E-state index contributed by atoms with van der Waals surface area (Å²) in [6.07, 6.45) is 4.59. The maximum Gasteiger partial charge on any atom is 0.148 e. The third-order valence-corrected chi connectivity index (χ3v) is 5.33. The molecule has 5 nitrogen and oxygen atoms in total. The number of anilines is 1. The summed E-state index contributed by atoms with van der Waals surface area (Å²) >= 11 is 0. The number of pyridine rings is 1. The molecule has 1 fully saturated rings. The lowest BCUT2D eigenvalue weighted by atomic mass is 9.66. The van der Waals surface area contributed by atoms with Crippen LogP contribution in [0.2, 0.25) is 0 Å². The van der Waals surface area contributed by atoms with Crippen molar-refractivity contribution in [1.29, 1.82) is 0 Å². The Morgan fingerprint density at radius 2 is 1.85 bits per heavy atom. The summed E-state index contributed by atoms with van der Waals surface area (Å²) < 4.78 is 14.2. The lowest BCUT2D eigenvalue weighted by Crippen LogP contribution is -2.42. The van der Waals surface area contributed by atoms with Gasteiger partial charge >= 0.3 is 0 Å². The van der Waals surface area contributed by atoms with Gasteiger partial charge in [0.15, 0.2) is 0 Å². The SMILES string of the molecule is NCc1ccc(-c2ccc(NCC3(c4ncccc4F)CCC3)nn2)cc1. The van der Waals surface area contributed by atoms with Gasteiger partial charge in [0.2, 0.25) is 0 Å². The van der Waals surface area contributed by atoms with Crippen molar-refractivity contribution in [2.24, 2.45) is 5.73 Å². The third-order valence-electron chi connectivity index (χ3n) is 5.33. The summed E-state index contributed by atoms with van der Waals surface area (Å²) in [5.74, 6) is 0.446. The van der Waals surface area contributed by atoms with Crippen molar-refractivity contribution in [3.8, 4) is 11.3 Å². The summed E-state index contributed by atoms with van der Waals surface area (Å²) in [6, 6.07) is 14.9. The van der Waals surface area contributed by atoms with Gasteiger partial charge in [-0.05, 0) is 42.7 Å². The summed E-state index contributed by atoms with van der Waals surface area (Å²) in [7, 11) is 0. The number of nitrogens with one attached hydrogen (secondary N) is 1. The molecule has 2 aromatic heterocycles. The van der Waals surface area contributed by atoms with Crippen molar-refractivity contribution in [3.05, 3.63) is 71.8 Å². The van der Waals surface area contributed by atoms with E-state index in [4.69, 9.17) is 5.73 Å². The second-order valence-corrected chi connectivity index (χ2v) is 7.03. The molecule has 138 valence electrons. The lowest BCUT2D eigenvalue weighted by molar-refractivity contribution is 0.243. The van der Waals surface area contributed by atoms with Crippen LogP contribution in [0.25, 0.3) is 11.3 Å². The molecule has 2 heterocycles. The van der Waals surface area contributed by atoms with Crippen LogP contribution in [0.4, 0.5) is 10.2 Å². The number of benzene rings is 1. The Bertz CT molecular complexity index is 905. The number of nitrogens with two attached hydrogens (primary N) is 1. The normalized spacial score (nSPS) is 15.2. The molecule has 27 heavy (non-hydrogen) atoms. The van der Waals surface area contributed by atoms with Crippen LogP contribution < -0.4 is 11.1 Å². The second-order valence-electron chi connectivity index (χ2n) is 7.03. The van der Waals surface area contributed by atoms with Gasteiger partial charge in [-0.15, -0.1) is 10.2 Å². The summed E-state index contributed by atoms with van der Waals surface area (Å²) in [5.41, 5.74) is 8.80. The number of rotatable bonds is 6. The van der Waals surface area contributed by atoms with Crippen molar-refractivity contribution in [1.82, 2.24) is 15.2 Å². The molecule has 6 heteroatoms. The zero-order valence-electron chi connectivity index (χ0n) is 15.0. The Morgan fingerprint density at radius 3 is 2.44 bits per heavy atom. The van der Waals surface area contributed by atoms with Crippen molar-refractivity contribution in [2.75, 3.05) is 11.9 Å². The van der Waals surface area contributed by atoms with Crippen molar-refractivity contribution in [3.63, 3.8) is 0 Å². The molecule has 0 saturated heterocycles. The summed E-state index contributed by atoms with van der Waals surface area (Å²) in [5, 5.41) is 11.9. The van der Waals surface area contributed by atoms with Crippen LogP contribution in [0, 0.1) is 5.82 Å². The molecule has 3 aromatic rings. The minimum Gasteiger partial charge on any atom is -0.368 e. The molecule has 0 aliphatic heterocycles. The fourth-order valence-corrected chi connectivity index (χ4v) is 3.53. The first-order chi connectivity index (χ1) is 13.2. The summed E-state index contributed by atoms with van der Waals surface area (Å²) in [4.78, 5) is 4.29. The molecule has 3 N–H and O–H groups in total. The molecule has 0 atom stereocenters. The average molecular weight is 363 g/mol. The van der Waals surface area contributed by atoms with Crippen LogP contribution >= 0.6 is 0 Å². The van der Waals surface area contributed by atoms with Gasteiger partial charge in [-0.25, -0.2) is 4.39 Å². The van der Waals surface area contributed by atoms with E-state index in [1.807, 2.05) is 36.4 Å². The summed E-state index contributed by atoms with van der Waals surface area (Å²) in [6.45, 7) is 1.12. The molecular formula is C21H22FN5. The first kappa shape index (κ1) is 17.5. The van der Waals surface area contributed by atoms with E-state index in [1.165, 1.54) is 6.07 Å². The Labute approximate surface area is 157 Å². The van der Waals surface area contributed by atoms with E-state index in [9.17, 15) is 4.39 Å². The molecular weight excluding hydrogens is 341 g/mol. The molecule has 1 aliphatic rings. The van der Waals surface area contributed by atoms with Crippen LogP contribution in [0.15, 0.2) is 54.7 Å². The highest BCUT2D eigenvalue weighted by Crippen LogP contribution is 2.43. The van der Waals surface area contributed by atoms with Gasteiger partial charge in [-0.3, -0.25) is 4.98 Å². The van der Waals surface area contributed by atoms with E-state index in [0.29, 0.717) is 24.6 Å². The van der Waals surface area contributed by atoms with Crippen molar-refractivity contribution in [2.45, 2.75) is 31.2 Å². The maximum absolute atomic E-state index is 14.2. The second kappa shape index (κ2) is 7.40. The van der Waals surface area contributed by atoms with E-state index < -0.39 is 0 Å². The van der Waals surface area contributed by atoms with Crippen molar-refractivity contribution >= 4 is 5.82 Å². The highest BCUT2D eigenvalue weighted by atomic mass is 19.1. The molecule has 0 unspecified atom stereocenters. The van der Waals surface area contributed by atoms with Gasteiger partial charge < -0.3 is 11.1 Å². The third kappa shape index (κ3) is 3.53. The largest absolute Gasteiger partial charge is 0.368 e. The Kier molecular flexibility index (Phi) is 4.81.